The van der Waals surface area contributed by atoms with Crippen molar-refractivity contribution < 1.29 is 182 Å². The molecule has 0 radical (unpaired) electrons. The number of carboxylic acid groups (broad SMARTS) is 1. The molecule has 0 saturated carbocycles. The van der Waals surface area contributed by atoms with E-state index in [9.17, 15) is 130 Å². The number of nitrogens with zero attached hydrogens (tertiary/aromatic N) is 3. The second-order valence-electron chi connectivity index (χ2n) is 30.3. The molecule has 0 spiro atoms. The Hall–Kier alpha value is -6.83. The lowest BCUT2D eigenvalue weighted by Crippen LogP contribution is -2.70. The number of aliphatic hydroxyl groups is 15. The molecule has 8 aliphatic heterocycles. The zero-order chi connectivity index (χ0) is 86.0. The predicted octanol–water partition coefficient (Wildman–Crippen LogP) is -14.0. The number of hydrogen-bond acceptors (Lipinski definition) is 36. The van der Waals surface area contributed by atoms with Gasteiger partial charge in [-0.15, -0.1) is 0 Å². The summed E-state index contributed by atoms with van der Waals surface area (Å²) in [4.78, 5) is 151. The summed E-state index contributed by atoms with van der Waals surface area (Å²) in [5.74, 6) is -16.4. The van der Waals surface area contributed by atoms with Gasteiger partial charge in [-0.2, -0.15) is 0 Å². The number of nitrogens with two attached hydrogens (primary N) is 1. The van der Waals surface area contributed by atoms with Crippen molar-refractivity contribution >= 4 is 65.0 Å². The van der Waals surface area contributed by atoms with Crippen molar-refractivity contribution in [3.05, 3.63) is 0 Å². The van der Waals surface area contributed by atoms with Crippen molar-refractivity contribution in [1.82, 2.24) is 46.6 Å². The van der Waals surface area contributed by atoms with Gasteiger partial charge < -0.3 is 181 Å². The van der Waals surface area contributed by atoms with Crippen molar-refractivity contribution in [1.29, 1.82) is 0 Å². The van der Waals surface area contributed by atoms with Gasteiger partial charge in [0.25, 0.3) is 5.79 Å². The maximum absolute atomic E-state index is 15.0. The number of rotatable bonds is 34. The summed E-state index contributed by atoms with van der Waals surface area (Å²) < 4.78 is 60.0. The van der Waals surface area contributed by atoms with Gasteiger partial charge in [0.1, 0.15) is 134 Å². The maximum Gasteiger partial charge on any atom is 0.364 e. The summed E-state index contributed by atoms with van der Waals surface area (Å²) in [6.45, 7) is 2.01. The number of aliphatic carboxylic acids is 1. The third-order valence-electron chi connectivity index (χ3n) is 22.1. The molecule has 47 nitrogen and oxygen atoms in total. The van der Waals surface area contributed by atoms with E-state index in [1.165, 1.54) is 56.2 Å². The fourth-order valence-electron chi connectivity index (χ4n) is 15.4. The Labute approximate surface area is 663 Å². The summed E-state index contributed by atoms with van der Waals surface area (Å²) in [7, 11) is 0. The van der Waals surface area contributed by atoms with Gasteiger partial charge in [0.2, 0.25) is 59.1 Å². The lowest BCUT2D eigenvalue weighted by Gasteiger charge is -2.51. The molecule has 47 heteroatoms. The molecule has 8 rings (SSSR count). The van der Waals surface area contributed by atoms with Crippen LogP contribution in [0, 0.1) is 11.8 Å². The van der Waals surface area contributed by atoms with Crippen LogP contribution < -0.4 is 37.6 Å². The highest BCUT2D eigenvalue weighted by Gasteiger charge is 2.61. The van der Waals surface area contributed by atoms with Crippen LogP contribution in [-0.2, 0) is 100 Å². The molecule has 0 aromatic rings. The van der Waals surface area contributed by atoms with Crippen LogP contribution in [0.2, 0.25) is 0 Å². The zero-order valence-electron chi connectivity index (χ0n) is 64.7. The van der Waals surface area contributed by atoms with Crippen LogP contribution in [0.25, 0.3) is 0 Å². The van der Waals surface area contributed by atoms with Crippen LogP contribution >= 0.6 is 0 Å². The number of amides is 10. The third kappa shape index (κ3) is 21.7. The number of carbonyl (C=O) groups excluding carboxylic acids is 10. The van der Waals surface area contributed by atoms with Gasteiger partial charge in [0.05, 0.1) is 76.6 Å². The molecule has 34 atom stereocenters. The van der Waals surface area contributed by atoms with Crippen LogP contribution in [0.3, 0.4) is 0 Å². The molecule has 24 N–H and O–H groups in total. The van der Waals surface area contributed by atoms with E-state index < -0.39 is 325 Å². The van der Waals surface area contributed by atoms with Gasteiger partial charge in [-0.05, 0) is 59.3 Å². The molecule has 8 saturated heterocycles. The Morgan fingerprint density at radius 1 is 0.569 bits per heavy atom. The van der Waals surface area contributed by atoms with Crippen LogP contribution in [0.5, 0.6) is 0 Å². The maximum atomic E-state index is 15.0. The number of hydrogen-bond donors (Lipinski definition) is 23. The molecule has 8 aliphatic rings. The first-order valence-electron chi connectivity index (χ1n) is 38.3. The molecular formula is C69H112N10O37. The van der Waals surface area contributed by atoms with E-state index in [0.717, 1.165) is 6.92 Å². The largest absolute Gasteiger partial charge is 0.477 e. The first-order chi connectivity index (χ1) is 54.7. The fourth-order valence-corrected chi connectivity index (χ4v) is 15.4. The van der Waals surface area contributed by atoms with Crippen molar-refractivity contribution in [2.45, 2.75) is 289 Å². The van der Waals surface area contributed by atoms with E-state index in [-0.39, 0.29) is 45.3 Å². The number of carboxylic acids is 1. The highest BCUT2D eigenvalue weighted by atomic mass is 16.8. The second kappa shape index (κ2) is 41.4. The summed E-state index contributed by atoms with van der Waals surface area (Å²) in [5, 5.41) is 190. The molecule has 8 fully saturated rings. The topological polar surface area (TPSA) is 712 Å². The Balaban J connectivity index is 1.04. The average Bonchev–Trinajstić information content (AvgIpc) is 0.873. The van der Waals surface area contributed by atoms with E-state index in [1.807, 2.05) is 0 Å². The van der Waals surface area contributed by atoms with E-state index >= 15 is 4.79 Å². The van der Waals surface area contributed by atoms with Crippen LogP contribution in [-0.4, -0.2) is 423 Å². The fraction of sp³-hybridized carbons (Fsp3) is 0.841. The van der Waals surface area contributed by atoms with Crippen molar-refractivity contribution in [3.8, 4) is 0 Å². The van der Waals surface area contributed by atoms with Gasteiger partial charge in [0.15, 0.2) is 25.2 Å². The highest BCUT2D eigenvalue weighted by molar-refractivity contribution is 5.98. The summed E-state index contributed by atoms with van der Waals surface area (Å²) in [6.07, 6.45) is -44.5. The number of ether oxygens (including phenoxy) is 10. The molecule has 10 amide bonds. The Morgan fingerprint density at radius 2 is 1.13 bits per heavy atom. The molecule has 0 aromatic carbocycles. The normalized spacial score (nSPS) is 37.3. The van der Waals surface area contributed by atoms with E-state index in [4.69, 9.17) is 53.1 Å². The number of carbonyl (C=O) groups is 11. The van der Waals surface area contributed by atoms with Crippen molar-refractivity contribution in [2.24, 2.45) is 17.6 Å². The molecule has 0 bridgehead atoms. The van der Waals surface area contributed by atoms with Gasteiger partial charge in [0, 0.05) is 51.7 Å². The number of likely N-dealkylation sites (tertiary alicyclic amines) is 3. The van der Waals surface area contributed by atoms with E-state index in [0.29, 0.717) is 12.8 Å². The average molecular weight is 1670 g/mol. The standard InChI is InChI=1S/C69H112N10O37/c1-25-45(90)54(114-67-52(97)56(48(93)39(22-83)110-67)116-69(68(105)106)17-36(87)44(74-30(6)85)55(115-69)46(91)37(88)20-81)40(23-84)111-64(25)107-24-41-49(94)53(113-66-51(96)50(95)47(92)38(21-82)109-66)26(2)65(112-41)108-29(5)43(76-58(99)32(19-80)75-42(89)18-71-59(100)33-11-8-14-77(33)31(7)86)61(102)73-28(4)62(103)79-16-10-13-35(79)63(104)78-15-9-12-34(78)60(101)72-27(3)57(70)98/h25-29,32-41,43-56,64-67,80-84,87-88,90-97H,8-24H2,1-7H3,(H2,70,98)(H,71,100)(H,72,101)(H,73,102)(H,74,85)(H,75,89)(H,76,99)(H,105,106)/t25?,26?,27?,28?,29?,32?,33?,34?,35?,36?,37-,38?,39?,40?,41?,43?,44-,45?,46-,47+,48+,49+,50?,51?,52?,53?,54-,55?,56?,64-,65+,66+,67+,69+/m1/s1. The first kappa shape index (κ1) is 94.7. The summed E-state index contributed by atoms with van der Waals surface area (Å²) >= 11 is 0. The molecular weight excluding hydrogens is 1560 g/mol. The SMILES string of the molecule is CC(=O)N[C@@H]1C(O)C[C@](OC2C(O)[C@H](O[C@@H]3C(CO)O[C@@H](OCC4O[C@H](OC(C)C(NC(=O)C(CO)NC(=O)CNC(=O)C5CCCN5C(C)=O)C(=O)NC(C)C(=O)N5CCCC5C(=O)N5CCCC5C(=O)NC(C)C(N)=O)C(C)C(O[C@@H]5OC(CO)[C@H](O)C(O)C5O)[C@H]4O)C(C)C3O)OC(CO)[C@@H]2O)(C(=O)O)OC1[C@H](O)[C@H](O)CO. The lowest BCUT2D eigenvalue weighted by atomic mass is 9.88. The number of primary amides is 1. The van der Waals surface area contributed by atoms with Crippen LogP contribution in [0.4, 0.5) is 0 Å². The minimum atomic E-state index is -3.20. The Bertz CT molecular complexity index is 3400. The van der Waals surface area contributed by atoms with Crippen molar-refractivity contribution in [2.75, 3.05) is 65.8 Å². The second-order valence-corrected chi connectivity index (χ2v) is 30.3. The smallest absolute Gasteiger partial charge is 0.364 e. The van der Waals surface area contributed by atoms with Gasteiger partial charge >= 0.3 is 5.97 Å². The van der Waals surface area contributed by atoms with E-state index in [2.05, 4.69) is 31.9 Å². The van der Waals surface area contributed by atoms with Gasteiger partial charge in [-0.1, -0.05) is 13.8 Å². The van der Waals surface area contributed by atoms with Crippen molar-refractivity contribution in [3.63, 3.8) is 0 Å². The highest BCUT2D eigenvalue weighted by Crippen LogP contribution is 2.41. The minimum Gasteiger partial charge on any atom is -0.477 e. The summed E-state index contributed by atoms with van der Waals surface area (Å²) in [6, 6.07) is -11.4. The van der Waals surface area contributed by atoms with Gasteiger partial charge in [-0.25, -0.2) is 4.79 Å². The number of aliphatic hydroxyl groups excluding tert-OH is 15. The Morgan fingerprint density at radius 3 is 1.72 bits per heavy atom. The predicted molar refractivity (Wildman–Crippen MR) is 378 cm³/mol. The van der Waals surface area contributed by atoms with Crippen LogP contribution in [0.1, 0.15) is 93.4 Å². The minimum absolute atomic E-state index is 0.0132. The molecule has 116 heavy (non-hydrogen) atoms. The molecule has 0 aromatic heterocycles. The lowest BCUT2D eigenvalue weighted by molar-refractivity contribution is -0.386. The monoisotopic (exact) mass is 1670 g/mol. The molecule has 0 aliphatic carbocycles. The Kier molecular flexibility index (Phi) is 33.8. The first-order valence-corrected chi connectivity index (χ1v) is 38.3. The number of nitrogens with one attached hydrogen (secondary N) is 6. The third-order valence-corrected chi connectivity index (χ3v) is 22.1. The van der Waals surface area contributed by atoms with Crippen LogP contribution in [0.15, 0.2) is 0 Å². The van der Waals surface area contributed by atoms with Gasteiger partial charge in [-0.3, -0.25) is 47.9 Å². The zero-order valence-corrected chi connectivity index (χ0v) is 64.7. The van der Waals surface area contributed by atoms with E-state index in [1.54, 1.807) is 0 Å². The molecule has 22 unspecified atom stereocenters. The molecule has 8 heterocycles. The quantitative estimate of drug-likeness (QED) is 0.0284. The molecule has 660 valence electrons. The summed E-state index contributed by atoms with van der Waals surface area (Å²) in [5.41, 5.74) is 5.36.